The topological polar surface area (TPSA) is 71.3 Å². The van der Waals surface area contributed by atoms with E-state index in [-0.39, 0.29) is 12.2 Å². The molecule has 0 aliphatic heterocycles. The van der Waals surface area contributed by atoms with E-state index in [1.807, 2.05) is 79.7 Å². The predicted molar refractivity (Wildman–Crippen MR) is 140 cm³/mol. The summed E-state index contributed by atoms with van der Waals surface area (Å²) in [6.45, 7) is 2.59. The largest absolute Gasteiger partial charge is 0.490 e. The van der Waals surface area contributed by atoms with Gasteiger partial charge in [-0.15, -0.1) is 0 Å². The lowest BCUT2D eigenvalue weighted by Crippen LogP contribution is -2.13. The van der Waals surface area contributed by atoms with E-state index >= 15 is 0 Å². The molecule has 174 valence electrons. The summed E-state index contributed by atoms with van der Waals surface area (Å²) in [5.74, 6) is 0.573. The number of nitrogens with one attached hydrogen (secondary N) is 1. The van der Waals surface area contributed by atoms with Crippen LogP contribution in [-0.4, -0.2) is 12.5 Å². The van der Waals surface area contributed by atoms with Crippen LogP contribution in [0.4, 0.5) is 5.69 Å². The zero-order chi connectivity index (χ0) is 24.6. The van der Waals surface area contributed by atoms with E-state index < -0.39 is 5.91 Å². The monoisotopic (exact) mass is 482 g/mol. The Morgan fingerprint density at radius 1 is 0.971 bits per heavy atom. The number of fused-ring (bicyclic) bond motifs is 1. The first-order valence-electron chi connectivity index (χ1n) is 11.1. The number of anilines is 1. The molecule has 0 heterocycles. The van der Waals surface area contributed by atoms with Gasteiger partial charge in [0.1, 0.15) is 18.2 Å². The Morgan fingerprint density at radius 3 is 2.54 bits per heavy atom. The van der Waals surface area contributed by atoms with Crippen molar-refractivity contribution >= 4 is 40.0 Å². The van der Waals surface area contributed by atoms with Gasteiger partial charge in [-0.3, -0.25) is 4.79 Å². The highest BCUT2D eigenvalue weighted by molar-refractivity contribution is 6.31. The summed E-state index contributed by atoms with van der Waals surface area (Å²) in [6, 6.07) is 28.1. The number of halogens is 1. The Hall–Kier alpha value is -4.27. The molecule has 0 saturated heterocycles. The van der Waals surface area contributed by atoms with Gasteiger partial charge in [0.25, 0.3) is 5.91 Å². The number of carbonyl (C=O) groups is 1. The second-order valence-corrected chi connectivity index (χ2v) is 8.08. The zero-order valence-corrected chi connectivity index (χ0v) is 19.9. The standard InChI is InChI=1S/C29H23ClN2O3/c1-2-34-28-17-20(14-15-27(28)35-19-22-9-4-6-12-25(22)30)16-23(18-31)29(33)32-26-13-7-10-21-8-3-5-11-24(21)26/h3-17H,2,19H2,1H3,(H,32,33)/b23-16+. The molecule has 0 aliphatic rings. The fourth-order valence-corrected chi connectivity index (χ4v) is 3.80. The van der Waals surface area contributed by atoms with Crippen LogP contribution in [0.3, 0.4) is 0 Å². The van der Waals surface area contributed by atoms with Crippen molar-refractivity contribution in [3.8, 4) is 17.6 Å². The van der Waals surface area contributed by atoms with Crippen LogP contribution in [0.2, 0.25) is 5.02 Å². The molecule has 35 heavy (non-hydrogen) atoms. The third-order valence-electron chi connectivity index (χ3n) is 5.32. The van der Waals surface area contributed by atoms with Gasteiger partial charge in [-0.05, 0) is 48.2 Å². The van der Waals surface area contributed by atoms with E-state index in [0.717, 1.165) is 16.3 Å². The van der Waals surface area contributed by atoms with Crippen LogP contribution < -0.4 is 14.8 Å². The van der Waals surface area contributed by atoms with Crippen LogP contribution in [-0.2, 0) is 11.4 Å². The van der Waals surface area contributed by atoms with E-state index in [2.05, 4.69) is 5.32 Å². The maximum absolute atomic E-state index is 12.9. The molecule has 0 saturated carbocycles. The normalized spacial score (nSPS) is 11.1. The number of carbonyl (C=O) groups excluding carboxylic acids is 1. The molecule has 6 heteroatoms. The second kappa shape index (κ2) is 11.2. The number of benzene rings is 4. The first kappa shape index (κ1) is 23.9. The second-order valence-electron chi connectivity index (χ2n) is 7.67. The Balaban J connectivity index is 1.55. The van der Waals surface area contributed by atoms with Crippen LogP contribution in [0.15, 0.2) is 90.5 Å². The molecule has 0 unspecified atom stereocenters. The molecule has 0 aliphatic carbocycles. The fourth-order valence-electron chi connectivity index (χ4n) is 3.61. The van der Waals surface area contributed by atoms with E-state index in [1.54, 1.807) is 18.2 Å². The van der Waals surface area contributed by atoms with Crippen molar-refractivity contribution in [1.29, 1.82) is 5.26 Å². The molecular formula is C29H23ClN2O3. The lowest BCUT2D eigenvalue weighted by Gasteiger charge is -2.13. The molecule has 0 fully saturated rings. The van der Waals surface area contributed by atoms with Gasteiger partial charge in [-0.25, -0.2) is 0 Å². The van der Waals surface area contributed by atoms with Crippen molar-refractivity contribution in [1.82, 2.24) is 0 Å². The van der Waals surface area contributed by atoms with Crippen LogP contribution in [0.1, 0.15) is 18.1 Å². The van der Waals surface area contributed by atoms with Gasteiger partial charge in [0.15, 0.2) is 11.5 Å². The molecule has 0 atom stereocenters. The Labute approximate surface area is 209 Å². The highest BCUT2D eigenvalue weighted by Gasteiger charge is 2.13. The van der Waals surface area contributed by atoms with Crippen LogP contribution >= 0.6 is 11.6 Å². The van der Waals surface area contributed by atoms with Crippen molar-refractivity contribution in [3.63, 3.8) is 0 Å². The van der Waals surface area contributed by atoms with E-state index in [0.29, 0.717) is 34.4 Å². The molecule has 0 aromatic heterocycles. The number of nitrogens with zero attached hydrogens (tertiary/aromatic N) is 1. The van der Waals surface area contributed by atoms with Crippen LogP contribution in [0.25, 0.3) is 16.8 Å². The molecule has 0 radical (unpaired) electrons. The number of hydrogen-bond acceptors (Lipinski definition) is 4. The molecule has 1 amide bonds. The Kier molecular flexibility index (Phi) is 7.67. The van der Waals surface area contributed by atoms with Crippen LogP contribution in [0, 0.1) is 11.3 Å². The van der Waals surface area contributed by atoms with Crippen molar-refractivity contribution in [2.75, 3.05) is 11.9 Å². The highest BCUT2D eigenvalue weighted by atomic mass is 35.5. The summed E-state index contributed by atoms with van der Waals surface area (Å²) in [5.41, 5.74) is 2.12. The summed E-state index contributed by atoms with van der Waals surface area (Å²) in [4.78, 5) is 12.9. The van der Waals surface area contributed by atoms with Gasteiger partial charge in [-0.1, -0.05) is 72.3 Å². The summed E-state index contributed by atoms with van der Waals surface area (Å²) in [7, 11) is 0. The van der Waals surface area contributed by atoms with Crippen molar-refractivity contribution in [2.24, 2.45) is 0 Å². The van der Waals surface area contributed by atoms with Crippen molar-refractivity contribution in [3.05, 3.63) is 107 Å². The summed E-state index contributed by atoms with van der Waals surface area (Å²) >= 11 is 6.22. The minimum atomic E-state index is -0.485. The number of nitriles is 1. The number of hydrogen-bond donors (Lipinski definition) is 1. The summed E-state index contributed by atoms with van der Waals surface area (Å²) in [6.07, 6.45) is 1.53. The first-order chi connectivity index (χ1) is 17.1. The van der Waals surface area contributed by atoms with E-state index in [4.69, 9.17) is 21.1 Å². The maximum atomic E-state index is 12.9. The number of amides is 1. The number of ether oxygens (including phenoxy) is 2. The minimum Gasteiger partial charge on any atom is -0.490 e. The summed E-state index contributed by atoms with van der Waals surface area (Å²) < 4.78 is 11.7. The molecule has 4 aromatic rings. The molecule has 4 aromatic carbocycles. The average Bonchev–Trinajstić information content (AvgIpc) is 2.88. The third-order valence-corrected chi connectivity index (χ3v) is 5.69. The molecule has 4 rings (SSSR count). The lowest BCUT2D eigenvalue weighted by molar-refractivity contribution is -0.112. The smallest absolute Gasteiger partial charge is 0.266 e. The molecule has 0 bridgehead atoms. The quantitative estimate of drug-likeness (QED) is 0.216. The van der Waals surface area contributed by atoms with Gasteiger partial charge in [0, 0.05) is 21.7 Å². The van der Waals surface area contributed by atoms with E-state index in [9.17, 15) is 10.1 Å². The first-order valence-corrected chi connectivity index (χ1v) is 11.5. The predicted octanol–water partition coefficient (Wildman–Crippen LogP) is 7.02. The fraction of sp³-hybridized carbons (Fsp3) is 0.103. The van der Waals surface area contributed by atoms with Gasteiger partial charge >= 0.3 is 0 Å². The van der Waals surface area contributed by atoms with Gasteiger partial charge in [0.05, 0.1) is 6.61 Å². The SMILES string of the molecule is CCOc1cc(/C=C(\C#N)C(=O)Nc2cccc3ccccc23)ccc1OCc1ccccc1Cl. The average molecular weight is 483 g/mol. The Morgan fingerprint density at radius 2 is 1.74 bits per heavy atom. The molecule has 5 nitrogen and oxygen atoms in total. The minimum absolute atomic E-state index is 0.0230. The highest BCUT2D eigenvalue weighted by Crippen LogP contribution is 2.31. The number of rotatable bonds is 8. The zero-order valence-electron chi connectivity index (χ0n) is 19.1. The lowest BCUT2D eigenvalue weighted by atomic mass is 10.1. The van der Waals surface area contributed by atoms with Gasteiger partial charge in [-0.2, -0.15) is 5.26 Å². The molecular weight excluding hydrogens is 460 g/mol. The van der Waals surface area contributed by atoms with E-state index in [1.165, 1.54) is 6.08 Å². The van der Waals surface area contributed by atoms with Crippen LogP contribution in [0.5, 0.6) is 11.5 Å². The third kappa shape index (κ3) is 5.81. The summed E-state index contributed by atoms with van der Waals surface area (Å²) in [5, 5.41) is 15.0. The van der Waals surface area contributed by atoms with Crippen molar-refractivity contribution < 1.29 is 14.3 Å². The van der Waals surface area contributed by atoms with Crippen molar-refractivity contribution in [2.45, 2.75) is 13.5 Å². The Bertz CT molecular complexity index is 1430. The molecule has 0 spiro atoms. The van der Waals surface area contributed by atoms with Gasteiger partial charge in [0.2, 0.25) is 0 Å². The molecule has 1 N–H and O–H groups in total. The maximum Gasteiger partial charge on any atom is 0.266 e. The van der Waals surface area contributed by atoms with Gasteiger partial charge < -0.3 is 14.8 Å².